The molecule has 5 atom stereocenters. The molecule has 4 amide bonds. The van der Waals surface area contributed by atoms with Gasteiger partial charge in [-0.15, -0.1) is 0 Å². The maximum atomic E-state index is 14.2. The fourth-order valence-corrected chi connectivity index (χ4v) is 9.14. The van der Waals surface area contributed by atoms with Gasteiger partial charge in [0.2, 0.25) is 17.7 Å². The summed E-state index contributed by atoms with van der Waals surface area (Å²) in [5, 5.41) is 7.96. The number of aromatic amines is 2. The summed E-state index contributed by atoms with van der Waals surface area (Å²) in [4.78, 5) is 72.7. The number of aromatic nitrogens is 4. The molecule has 0 saturated carbocycles. The van der Waals surface area contributed by atoms with E-state index in [0.29, 0.717) is 25.9 Å². The number of imidazole rings is 2. The first-order valence-corrected chi connectivity index (χ1v) is 21.8. The van der Waals surface area contributed by atoms with Gasteiger partial charge in [-0.1, -0.05) is 101 Å². The third kappa shape index (κ3) is 8.53. The predicted octanol–water partition coefficient (Wildman–Crippen LogP) is 8.41. The molecule has 2 aromatic heterocycles. The Balaban J connectivity index is 0.942. The molecule has 0 bridgehead atoms. The van der Waals surface area contributed by atoms with Gasteiger partial charge in [-0.3, -0.25) is 14.4 Å². The molecule has 0 radical (unpaired) electrons. The highest BCUT2D eigenvalue weighted by Crippen LogP contribution is 2.38. The molecule has 4 N–H and O–H groups in total. The quantitative estimate of drug-likeness (QED) is 0.0980. The monoisotopic (exact) mass is 836 g/mol. The number of ether oxygens (including phenoxy) is 1. The number of likely N-dealkylation sites (tertiary alicyclic amines) is 2. The van der Waals surface area contributed by atoms with Crippen LogP contribution in [-0.4, -0.2) is 85.8 Å². The summed E-state index contributed by atoms with van der Waals surface area (Å²) < 4.78 is 4.78. The lowest BCUT2D eigenvalue weighted by Gasteiger charge is -2.38. The van der Waals surface area contributed by atoms with E-state index >= 15 is 0 Å². The Labute approximate surface area is 362 Å². The van der Waals surface area contributed by atoms with Crippen LogP contribution in [0.5, 0.6) is 0 Å². The number of H-pyrrole nitrogens is 2. The molecule has 8 rings (SSSR count). The molecule has 2 saturated heterocycles. The van der Waals surface area contributed by atoms with Crippen LogP contribution in [0.2, 0.25) is 0 Å². The molecule has 4 heterocycles. The number of methoxy groups -OCH3 is 1. The van der Waals surface area contributed by atoms with Crippen molar-refractivity contribution in [2.24, 2.45) is 11.3 Å². The fourth-order valence-electron chi connectivity index (χ4n) is 9.14. The smallest absolute Gasteiger partial charge is 0.407 e. The molecule has 13 heteroatoms. The maximum absolute atomic E-state index is 14.2. The zero-order valence-electron chi connectivity index (χ0n) is 36.1. The number of rotatable bonds is 12. The number of nitrogens with zero attached hydrogens (tertiary/aromatic N) is 4. The summed E-state index contributed by atoms with van der Waals surface area (Å²) in [6.07, 6.45) is 15.3. The van der Waals surface area contributed by atoms with Gasteiger partial charge in [-0.2, -0.15) is 0 Å². The highest BCUT2D eigenvalue weighted by Gasteiger charge is 2.44. The minimum Gasteiger partial charge on any atom is -0.453 e. The topological polar surface area (TPSA) is 165 Å². The second kappa shape index (κ2) is 17.8. The number of allylic oxidation sites excluding steroid dienone is 3. The van der Waals surface area contributed by atoms with Crippen LogP contribution in [0.25, 0.3) is 44.4 Å². The van der Waals surface area contributed by atoms with E-state index in [2.05, 4.69) is 87.3 Å². The normalized spacial score (nSPS) is 20.7. The second-order valence-corrected chi connectivity index (χ2v) is 17.3. The van der Waals surface area contributed by atoms with Crippen LogP contribution >= 0.6 is 0 Å². The average Bonchev–Trinajstić information content (AvgIpc) is 4.14. The van der Waals surface area contributed by atoms with Crippen LogP contribution < -0.4 is 10.6 Å². The zero-order valence-corrected chi connectivity index (χ0v) is 36.1. The summed E-state index contributed by atoms with van der Waals surface area (Å²) in [5.74, 6) is 1.03. The minimum atomic E-state index is -0.688. The SMILES string of the molecule is CCC(=O)N[C@@H](C(=O)N1CCC[C@H]1c1ncc(-c2ccc(-c3ccc4cc(-c5cnc([C@@H]6CCCN6C(=O)[C@@H](NC(=O)OC)C(C)C)[nH]5)ccc4c3)cc2)[nH]1)C1(C)C=CC=CC1. The third-order valence-corrected chi connectivity index (χ3v) is 12.8. The van der Waals surface area contributed by atoms with Crippen molar-refractivity contribution in [3.05, 3.63) is 109 Å². The van der Waals surface area contributed by atoms with Gasteiger partial charge in [0, 0.05) is 30.5 Å². The molecular formula is C49H56N8O5. The van der Waals surface area contributed by atoms with Gasteiger partial charge in [0.1, 0.15) is 23.7 Å². The molecule has 5 aromatic rings. The number of hydrogen-bond donors (Lipinski definition) is 4. The van der Waals surface area contributed by atoms with Crippen molar-refractivity contribution in [2.45, 2.75) is 90.4 Å². The summed E-state index contributed by atoms with van der Waals surface area (Å²) in [6, 6.07) is 19.4. The largest absolute Gasteiger partial charge is 0.453 e. The maximum Gasteiger partial charge on any atom is 0.407 e. The number of fused-ring (bicyclic) bond motifs is 1. The Morgan fingerprint density at radius 1 is 0.774 bits per heavy atom. The van der Waals surface area contributed by atoms with Crippen LogP contribution in [0.1, 0.15) is 90.0 Å². The van der Waals surface area contributed by atoms with Gasteiger partial charge in [-0.05, 0) is 77.6 Å². The molecule has 2 fully saturated rings. The van der Waals surface area contributed by atoms with Gasteiger partial charge in [0.05, 0.1) is 43.0 Å². The lowest BCUT2D eigenvalue weighted by atomic mass is 9.76. The van der Waals surface area contributed by atoms with E-state index < -0.39 is 23.6 Å². The van der Waals surface area contributed by atoms with Crippen LogP contribution in [-0.2, 0) is 19.1 Å². The van der Waals surface area contributed by atoms with Crippen molar-refractivity contribution >= 4 is 34.6 Å². The van der Waals surface area contributed by atoms with E-state index in [-0.39, 0.29) is 35.7 Å². The van der Waals surface area contributed by atoms with Gasteiger partial charge >= 0.3 is 6.09 Å². The Morgan fingerprint density at radius 3 is 1.92 bits per heavy atom. The number of hydrogen-bond acceptors (Lipinski definition) is 7. The van der Waals surface area contributed by atoms with Crippen LogP contribution in [0.15, 0.2) is 97.4 Å². The number of alkyl carbamates (subject to hydrolysis) is 1. The Kier molecular flexibility index (Phi) is 12.1. The van der Waals surface area contributed by atoms with E-state index in [9.17, 15) is 19.2 Å². The van der Waals surface area contributed by atoms with Crippen LogP contribution in [0.4, 0.5) is 4.79 Å². The standard InChI is InChI=1S/C49H56N8O5/c1-6-41(58)54-43(49(4)22-8-7-9-23-49)47(60)57-25-11-13-40(57)45-50-28-37(52-45)32-16-14-31(15-17-32)33-18-19-35-27-36(21-20-34(35)26-33)38-29-51-44(53-38)39-12-10-24-56(39)46(59)42(30(2)3)55-48(61)62-5/h7-9,14-22,26-30,39-40,42-43H,6,10-13,23-25H2,1-5H3,(H,50,52)(H,51,53)(H,54,58)(H,55,61)/t39-,40-,42-,43-,49?/m0/s1. The molecule has 13 nitrogen and oxygen atoms in total. The average molecular weight is 837 g/mol. The fraction of sp³-hybridized carbons (Fsp3) is 0.388. The highest BCUT2D eigenvalue weighted by molar-refractivity contribution is 5.91. The van der Waals surface area contributed by atoms with E-state index in [1.807, 2.05) is 61.2 Å². The van der Waals surface area contributed by atoms with Crippen LogP contribution in [0, 0.1) is 11.3 Å². The van der Waals surface area contributed by atoms with Crippen LogP contribution in [0.3, 0.4) is 0 Å². The number of carbonyl (C=O) groups is 4. The van der Waals surface area contributed by atoms with E-state index in [1.165, 1.54) is 7.11 Å². The molecule has 3 aromatic carbocycles. The van der Waals surface area contributed by atoms with Crippen molar-refractivity contribution in [3.8, 4) is 33.6 Å². The number of benzene rings is 3. The first-order chi connectivity index (χ1) is 30.0. The molecule has 322 valence electrons. The minimum absolute atomic E-state index is 0.0741. The summed E-state index contributed by atoms with van der Waals surface area (Å²) in [6.45, 7) is 8.86. The van der Waals surface area contributed by atoms with Crippen molar-refractivity contribution in [1.82, 2.24) is 40.4 Å². The molecule has 2 aliphatic heterocycles. The van der Waals surface area contributed by atoms with Gasteiger partial charge < -0.3 is 35.1 Å². The van der Waals surface area contributed by atoms with E-state index in [0.717, 1.165) is 81.7 Å². The summed E-state index contributed by atoms with van der Waals surface area (Å²) >= 11 is 0. The van der Waals surface area contributed by atoms with E-state index in [4.69, 9.17) is 14.7 Å². The second-order valence-electron chi connectivity index (χ2n) is 17.3. The van der Waals surface area contributed by atoms with Gasteiger partial charge in [0.15, 0.2) is 0 Å². The van der Waals surface area contributed by atoms with Gasteiger partial charge in [0.25, 0.3) is 0 Å². The molecular weight excluding hydrogens is 781 g/mol. The number of amides is 4. The highest BCUT2D eigenvalue weighted by atomic mass is 16.5. The molecule has 1 aliphatic carbocycles. The third-order valence-electron chi connectivity index (χ3n) is 12.8. The molecule has 62 heavy (non-hydrogen) atoms. The van der Waals surface area contributed by atoms with Crippen molar-refractivity contribution < 1.29 is 23.9 Å². The lowest BCUT2D eigenvalue weighted by Crippen LogP contribution is -2.55. The molecule has 0 spiro atoms. The number of nitrogens with one attached hydrogen (secondary N) is 4. The van der Waals surface area contributed by atoms with Gasteiger partial charge in [-0.25, -0.2) is 14.8 Å². The van der Waals surface area contributed by atoms with Crippen molar-refractivity contribution in [3.63, 3.8) is 0 Å². The summed E-state index contributed by atoms with van der Waals surface area (Å²) in [7, 11) is 1.29. The Bertz CT molecular complexity index is 2520. The summed E-state index contributed by atoms with van der Waals surface area (Å²) in [5.41, 5.74) is 5.41. The first-order valence-electron chi connectivity index (χ1n) is 21.8. The first kappa shape index (κ1) is 42.2. The zero-order chi connectivity index (χ0) is 43.5. The van der Waals surface area contributed by atoms with E-state index in [1.54, 1.807) is 6.92 Å². The number of carbonyl (C=O) groups excluding carboxylic acids is 4. The molecule has 1 unspecified atom stereocenters. The lowest BCUT2D eigenvalue weighted by molar-refractivity contribution is -0.140. The Morgan fingerprint density at radius 2 is 1.34 bits per heavy atom. The van der Waals surface area contributed by atoms with Crippen molar-refractivity contribution in [2.75, 3.05) is 20.2 Å². The Hall–Kier alpha value is -6.50. The predicted molar refractivity (Wildman–Crippen MR) is 239 cm³/mol. The van der Waals surface area contributed by atoms with Crippen molar-refractivity contribution in [1.29, 1.82) is 0 Å². The molecule has 3 aliphatic rings.